The van der Waals surface area contributed by atoms with Crippen molar-refractivity contribution in [3.63, 3.8) is 0 Å². The molecule has 0 radical (unpaired) electrons. The summed E-state index contributed by atoms with van der Waals surface area (Å²) in [6.07, 6.45) is 4.66. The summed E-state index contributed by atoms with van der Waals surface area (Å²) in [5, 5.41) is 7.14. The smallest absolute Gasteiger partial charge is 0.244 e. The monoisotopic (exact) mass is 208 g/mol. The van der Waals surface area contributed by atoms with Crippen molar-refractivity contribution in [2.75, 3.05) is 12.3 Å². The van der Waals surface area contributed by atoms with Gasteiger partial charge in [0.1, 0.15) is 6.04 Å². The number of aryl methyl sites for hydroxylation is 1. The molecular weight excluding hydrogens is 192 g/mol. The van der Waals surface area contributed by atoms with Crippen LogP contribution in [0, 0.1) is 6.92 Å². The van der Waals surface area contributed by atoms with E-state index < -0.39 is 0 Å². The molecule has 1 saturated heterocycles. The normalized spacial score (nSPS) is 22.2. The minimum Gasteiger partial charge on any atom is -0.396 e. The third-order valence-corrected chi connectivity index (χ3v) is 2.78. The van der Waals surface area contributed by atoms with Crippen molar-refractivity contribution in [1.82, 2.24) is 15.1 Å². The van der Waals surface area contributed by atoms with Crippen LogP contribution in [0.3, 0.4) is 0 Å². The highest BCUT2D eigenvalue weighted by atomic mass is 16.2. The molecule has 0 aliphatic carbocycles. The van der Waals surface area contributed by atoms with E-state index in [1.54, 1.807) is 10.9 Å². The van der Waals surface area contributed by atoms with Crippen LogP contribution in [-0.4, -0.2) is 22.2 Å². The number of carbonyl (C=O) groups is 1. The predicted molar refractivity (Wildman–Crippen MR) is 57.3 cm³/mol. The Morgan fingerprint density at radius 3 is 3.07 bits per heavy atom. The number of aromatic nitrogens is 2. The largest absolute Gasteiger partial charge is 0.396 e. The van der Waals surface area contributed by atoms with Crippen LogP contribution in [0.25, 0.3) is 0 Å². The van der Waals surface area contributed by atoms with E-state index in [9.17, 15) is 4.79 Å². The Balaban J connectivity index is 2.24. The van der Waals surface area contributed by atoms with Crippen LogP contribution in [0.2, 0.25) is 0 Å². The second kappa shape index (κ2) is 3.92. The molecule has 0 spiro atoms. The summed E-state index contributed by atoms with van der Waals surface area (Å²) in [6.45, 7) is 2.62. The number of amides is 1. The van der Waals surface area contributed by atoms with Gasteiger partial charge in [-0.25, -0.2) is 0 Å². The molecule has 82 valence electrons. The SMILES string of the molecule is Cc1nn(C2CCCCNC2=O)cc1N. The Hall–Kier alpha value is -1.52. The van der Waals surface area contributed by atoms with E-state index in [0.717, 1.165) is 31.5 Å². The molecular formula is C10H16N4O. The van der Waals surface area contributed by atoms with Gasteiger partial charge in [-0.15, -0.1) is 0 Å². The zero-order chi connectivity index (χ0) is 10.8. The maximum atomic E-state index is 11.7. The lowest BCUT2D eigenvalue weighted by atomic mass is 10.1. The molecule has 0 bridgehead atoms. The Kier molecular flexibility index (Phi) is 2.62. The number of rotatable bonds is 1. The second-order valence-corrected chi connectivity index (χ2v) is 3.95. The zero-order valence-electron chi connectivity index (χ0n) is 8.86. The van der Waals surface area contributed by atoms with Crippen molar-refractivity contribution < 1.29 is 4.79 Å². The molecule has 1 aliphatic heterocycles. The van der Waals surface area contributed by atoms with Gasteiger partial charge in [0.25, 0.3) is 0 Å². The average molecular weight is 208 g/mol. The number of nitrogens with zero attached hydrogens (tertiary/aromatic N) is 2. The highest BCUT2D eigenvalue weighted by Crippen LogP contribution is 2.20. The Morgan fingerprint density at radius 2 is 2.40 bits per heavy atom. The average Bonchev–Trinajstić information content (AvgIpc) is 2.41. The van der Waals surface area contributed by atoms with Crippen molar-refractivity contribution in [1.29, 1.82) is 0 Å². The fourth-order valence-corrected chi connectivity index (χ4v) is 1.83. The van der Waals surface area contributed by atoms with Gasteiger partial charge >= 0.3 is 0 Å². The highest BCUT2D eigenvalue weighted by Gasteiger charge is 2.23. The quantitative estimate of drug-likeness (QED) is 0.710. The Labute approximate surface area is 88.6 Å². The van der Waals surface area contributed by atoms with E-state index in [1.807, 2.05) is 6.92 Å². The van der Waals surface area contributed by atoms with E-state index in [4.69, 9.17) is 5.73 Å². The van der Waals surface area contributed by atoms with Crippen LogP contribution < -0.4 is 11.1 Å². The Bertz CT molecular complexity index is 352. The minimum absolute atomic E-state index is 0.0509. The van der Waals surface area contributed by atoms with Gasteiger partial charge in [0.15, 0.2) is 0 Å². The van der Waals surface area contributed by atoms with Crippen LogP contribution >= 0.6 is 0 Å². The number of hydrogen-bond donors (Lipinski definition) is 2. The van der Waals surface area contributed by atoms with E-state index in [1.165, 1.54) is 0 Å². The molecule has 1 unspecified atom stereocenters. The number of anilines is 1. The van der Waals surface area contributed by atoms with Gasteiger partial charge in [0, 0.05) is 12.7 Å². The van der Waals surface area contributed by atoms with Crippen molar-refractivity contribution >= 4 is 11.6 Å². The summed E-state index contributed by atoms with van der Waals surface area (Å²) in [4.78, 5) is 11.7. The summed E-state index contributed by atoms with van der Waals surface area (Å²) in [7, 11) is 0. The molecule has 1 aromatic rings. The fourth-order valence-electron chi connectivity index (χ4n) is 1.83. The molecule has 1 aromatic heterocycles. The molecule has 1 aliphatic rings. The van der Waals surface area contributed by atoms with Gasteiger partial charge in [0.2, 0.25) is 5.91 Å². The Morgan fingerprint density at radius 1 is 1.60 bits per heavy atom. The van der Waals surface area contributed by atoms with Gasteiger partial charge in [-0.05, 0) is 26.2 Å². The number of carbonyl (C=O) groups excluding carboxylic acids is 1. The summed E-state index contributed by atoms with van der Waals surface area (Å²) >= 11 is 0. The standard InChI is InChI=1S/C10H16N4O/c1-7-8(11)6-14(13-7)9-4-2-3-5-12-10(9)15/h6,9H,2-5,11H2,1H3,(H,12,15). The van der Waals surface area contributed by atoms with Crippen molar-refractivity contribution in [3.8, 4) is 0 Å². The molecule has 5 heteroatoms. The van der Waals surface area contributed by atoms with E-state index >= 15 is 0 Å². The second-order valence-electron chi connectivity index (χ2n) is 3.95. The molecule has 2 rings (SSSR count). The maximum Gasteiger partial charge on any atom is 0.244 e. The number of nitrogens with two attached hydrogens (primary N) is 1. The summed E-state index contributed by atoms with van der Waals surface area (Å²) in [6, 6.07) is -0.191. The highest BCUT2D eigenvalue weighted by molar-refractivity contribution is 5.80. The van der Waals surface area contributed by atoms with Gasteiger partial charge < -0.3 is 11.1 Å². The zero-order valence-corrected chi connectivity index (χ0v) is 8.86. The van der Waals surface area contributed by atoms with E-state index in [0.29, 0.717) is 5.69 Å². The molecule has 2 heterocycles. The molecule has 5 nitrogen and oxygen atoms in total. The third-order valence-electron chi connectivity index (χ3n) is 2.78. The lowest BCUT2D eigenvalue weighted by molar-refractivity contribution is -0.124. The van der Waals surface area contributed by atoms with Gasteiger partial charge in [0.05, 0.1) is 11.4 Å². The van der Waals surface area contributed by atoms with Crippen LogP contribution in [0.5, 0.6) is 0 Å². The number of hydrogen-bond acceptors (Lipinski definition) is 3. The molecule has 1 atom stereocenters. The van der Waals surface area contributed by atoms with Gasteiger partial charge in [-0.3, -0.25) is 9.48 Å². The molecule has 1 fully saturated rings. The first-order valence-electron chi connectivity index (χ1n) is 5.27. The van der Waals surface area contributed by atoms with Crippen molar-refractivity contribution in [2.45, 2.75) is 32.2 Å². The first kappa shape index (κ1) is 10.0. The molecule has 15 heavy (non-hydrogen) atoms. The summed E-state index contributed by atoms with van der Waals surface area (Å²) in [5.74, 6) is 0.0509. The van der Waals surface area contributed by atoms with Crippen molar-refractivity contribution in [3.05, 3.63) is 11.9 Å². The van der Waals surface area contributed by atoms with Crippen LogP contribution in [0.15, 0.2) is 6.20 Å². The molecule has 0 saturated carbocycles. The van der Waals surface area contributed by atoms with Crippen LogP contribution in [-0.2, 0) is 4.79 Å². The summed E-state index contributed by atoms with van der Waals surface area (Å²) < 4.78 is 1.69. The van der Waals surface area contributed by atoms with Crippen LogP contribution in [0.4, 0.5) is 5.69 Å². The van der Waals surface area contributed by atoms with Gasteiger partial charge in [-0.1, -0.05) is 0 Å². The maximum absolute atomic E-state index is 11.7. The minimum atomic E-state index is -0.191. The predicted octanol–water partition coefficient (Wildman–Crippen LogP) is 0.615. The van der Waals surface area contributed by atoms with Crippen molar-refractivity contribution in [2.24, 2.45) is 0 Å². The van der Waals surface area contributed by atoms with Crippen LogP contribution in [0.1, 0.15) is 31.0 Å². The first-order valence-corrected chi connectivity index (χ1v) is 5.27. The topological polar surface area (TPSA) is 72.9 Å². The number of nitrogens with one attached hydrogen (secondary N) is 1. The first-order chi connectivity index (χ1) is 7.18. The third kappa shape index (κ3) is 1.95. The van der Waals surface area contributed by atoms with E-state index in [2.05, 4.69) is 10.4 Å². The molecule has 0 aromatic carbocycles. The lowest BCUT2D eigenvalue weighted by Crippen LogP contribution is -2.31. The molecule has 3 N–H and O–H groups in total. The molecule has 1 amide bonds. The number of nitrogen functional groups attached to an aromatic ring is 1. The fraction of sp³-hybridized carbons (Fsp3) is 0.600. The van der Waals surface area contributed by atoms with E-state index in [-0.39, 0.29) is 11.9 Å². The summed E-state index contributed by atoms with van der Waals surface area (Å²) in [5.41, 5.74) is 7.15. The lowest BCUT2D eigenvalue weighted by Gasteiger charge is -2.13. The van der Waals surface area contributed by atoms with Gasteiger partial charge in [-0.2, -0.15) is 5.10 Å².